The molecule has 1 saturated heterocycles. The van der Waals surface area contributed by atoms with Crippen molar-refractivity contribution in [3.63, 3.8) is 0 Å². The van der Waals surface area contributed by atoms with E-state index in [9.17, 15) is 0 Å². The minimum absolute atomic E-state index is 0.418. The van der Waals surface area contributed by atoms with Crippen molar-refractivity contribution in [1.29, 1.82) is 0 Å². The summed E-state index contributed by atoms with van der Waals surface area (Å²) in [6, 6.07) is 8.67. The predicted molar refractivity (Wildman–Crippen MR) is 80.6 cm³/mol. The first-order valence-corrected chi connectivity index (χ1v) is 7.74. The maximum Gasteiger partial charge on any atom is 0.0468 e. The third kappa shape index (κ3) is 4.79. The zero-order valence-corrected chi connectivity index (χ0v) is 12.5. The maximum atomic E-state index is 6.12. The lowest BCUT2D eigenvalue weighted by Crippen LogP contribution is -2.27. The van der Waals surface area contributed by atoms with Crippen molar-refractivity contribution in [3.05, 3.63) is 34.9 Å². The van der Waals surface area contributed by atoms with Gasteiger partial charge in [0.15, 0.2) is 0 Å². The van der Waals surface area contributed by atoms with Crippen LogP contribution in [-0.2, 0) is 4.74 Å². The minimum atomic E-state index is 0.418. The molecular weight excluding hydrogens is 258 g/mol. The van der Waals surface area contributed by atoms with E-state index in [1.54, 1.807) is 0 Å². The Hall–Kier alpha value is -0.570. The maximum absolute atomic E-state index is 6.12. The van der Waals surface area contributed by atoms with E-state index < -0.39 is 0 Å². The summed E-state index contributed by atoms with van der Waals surface area (Å²) in [5, 5.41) is 4.49. The Balaban J connectivity index is 2.01. The van der Waals surface area contributed by atoms with E-state index in [0.29, 0.717) is 6.04 Å². The normalized spacial score (nSPS) is 18.4. The first-order valence-electron chi connectivity index (χ1n) is 7.36. The molecule has 0 spiro atoms. The Bertz CT molecular complexity index is 377. The third-order valence-corrected chi connectivity index (χ3v) is 4.04. The molecule has 2 rings (SSSR count). The topological polar surface area (TPSA) is 21.3 Å². The summed E-state index contributed by atoms with van der Waals surface area (Å²) in [4.78, 5) is 0. The highest BCUT2D eigenvalue weighted by atomic mass is 35.5. The molecule has 0 aliphatic carbocycles. The lowest BCUT2D eigenvalue weighted by atomic mass is 9.89. The number of halogens is 1. The quantitative estimate of drug-likeness (QED) is 0.844. The molecule has 0 aromatic heterocycles. The van der Waals surface area contributed by atoms with Crippen LogP contribution in [-0.4, -0.2) is 19.8 Å². The van der Waals surface area contributed by atoms with Crippen LogP contribution in [0.4, 0.5) is 0 Å². The van der Waals surface area contributed by atoms with E-state index in [1.165, 1.54) is 24.8 Å². The summed E-state index contributed by atoms with van der Waals surface area (Å²) in [5.41, 5.74) is 1.31. The zero-order valence-electron chi connectivity index (χ0n) is 11.7. The molecule has 106 valence electrons. The van der Waals surface area contributed by atoms with Gasteiger partial charge in [0.05, 0.1) is 0 Å². The molecule has 3 heteroatoms. The highest BCUT2D eigenvalue weighted by Gasteiger charge is 2.20. The highest BCUT2D eigenvalue weighted by Crippen LogP contribution is 2.28. The number of hydrogen-bond donors (Lipinski definition) is 1. The molecule has 1 aliphatic heterocycles. The summed E-state index contributed by atoms with van der Waals surface area (Å²) < 4.78 is 5.45. The number of ether oxygens (including phenoxy) is 1. The lowest BCUT2D eigenvalue weighted by molar-refractivity contribution is 0.0605. The minimum Gasteiger partial charge on any atom is -0.381 e. The van der Waals surface area contributed by atoms with Crippen LogP contribution in [0, 0.1) is 5.92 Å². The highest BCUT2D eigenvalue weighted by molar-refractivity contribution is 6.30. The van der Waals surface area contributed by atoms with Gasteiger partial charge in [0.25, 0.3) is 0 Å². The fraction of sp³-hybridized carbons (Fsp3) is 0.625. The number of benzene rings is 1. The molecule has 0 amide bonds. The van der Waals surface area contributed by atoms with Crippen molar-refractivity contribution in [2.45, 2.75) is 38.6 Å². The Morgan fingerprint density at radius 2 is 2.16 bits per heavy atom. The fourth-order valence-corrected chi connectivity index (χ4v) is 2.89. The molecule has 0 bridgehead atoms. The first-order chi connectivity index (χ1) is 9.29. The van der Waals surface area contributed by atoms with Crippen LogP contribution in [0.2, 0.25) is 5.02 Å². The largest absolute Gasteiger partial charge is 0.381 e. The Kier molecular flexibility index (Phi) is 6.15. The molecule has 2 nitrogen and oxygen atoms in total. The van der Waals surface area contributed by atoms with Gasteiger partial charge in [0.1, 0.15) is 0 Å². The smallest absolute Gasteiger partial charge is 0.0468 e. The molecule has 1 fully saturated rings. The molecule has 1 aromatic rings. The van der Waals surface area contributed by atoms with Gasteiger partial charge in [-0.3, -0.25) is 0 Å². The van der Waals surface area contributed by atoms with Crippen LogP contribution in [0.1, 0.15) is 44.2 Å². The molecule has 0 saturated carbocycles. The molecule has 1 N–H and O–H groups in total. The van der Waals surface area contributed by atoms with E-state index in [-0.39, 0.29) is 0 Å². The fourth-order valence-electron chi connectivity index (χ4n) is 2.69. The van der Waals surface area contributed by atoms with Crippen molar-refractivity contribution in [1.82, 2.24) is 5.32 Å². The van der Waals surface area contributed by atoms with E-state index in [2.05, 4.69) is 24.4 Å². The van der Waals surface area contributed by atoms with Gasteiger partial charge in [0, 0.05) is 24.3 Å². The van der Waals surface area contributed by atoms with Gasteiger partial charge in [-0.15, -0.1) is 0 Å². The summed E-state index contributed by atoms with van der Waals surface area (Å²) in [6.45, 7) is 5.10. The lowest BCUT2D eigenvalue weighted by Gasteiger charge is -2.27. The molecule has 1 unspecified atom stereocenters. The van der Waals surface area contributed by atoms with E-state index in [0.717, 1.165) is 37.1 Å². The molecule has 1 aromatic carbocycles. The van der Waals surface area contributed by atoms with Crippen LogP contribution in [0.5, 0.6) is 0 Å². The van der Waals surface area contributed by atoms with Crippen molar-refractivity contribution in [3.8, 4) is 0 Å². The average molecular weight is 282 g/mol. The molecule has 1 heterocycles. The van der Waals surface area contributed by atoms with Gasteiger partial charge in [0.2, 0.25) is 0 Å². The zero-order chi connectivity index (χ0) is 13.5. The summed E-state index contributed by atoms with van der Waals surface area (Å²) >= 11 is 6.12. The van der Waals surface area contributed by atoms with Crippen molar-refractivity contribution in [2.75, 3.05) is 19.8 Å². The van der Waals surface area contributed by atoms with Crippen LogP contribution >= 0.6 is 11.6 Å². The second-order valence-corrected chi connectivity index (χ2v) is 5.79. The Labute approximate surface area is 121 Å². The Morgan fingerprint density at radius 3 is 2.84 bits per heavy atom. The van der Waals surface area contributed by atoms with Gasteiger partial charge in [-0.1, -0.05) is 30.7 Å². The SMILES string of the molecule is CCCNC(CC1CCOCC1)c1cccc(Cl)c1. The van der Waals surface area contributed by atoms with Crippen LogP contribution in [0.15, 0.2) is 24.3 Å². The second-order valence-electron chi connectivity index (χ2n) is 5.35. The molecule has 1 aliphatic rings. The van der Waals surface area contributed by atoms with Crippen LogP contribution in [0.3, 0.4) is 0 Å². The average Bonchev–Trinajstić information content (AvgIpc) is 2.44. The van der Waals surface area contributed by atoms with Gasteiger partial charge >= 0.3 is 0 Å². The number of rotatable bonds is 6. The van der Waals surface area contributed by atoms with Crippen molar-refractivity contribution < 1.29 is 4.74 Å². The summed E-state index contributed by atoms with van der Waals surface area (Å²) in [7, 11) is 0. The first kappa shape index (κ1) is 14.8. The van der Waals surface area contributed by atoms with Crippen molar-refractivity contribution in [2.24, 2.45) is 5.92 Å². The molecule has 0 radical (unpaired) electrons. The Morgan fingerprint density at radius 1 is 1.37 bits per heavy atom. The van der Waals surface area contributed by atoms with E-state index >= 15 is 0 Å². The number of nitrogens with one attached hydrogen (secondary N) is 1. The van der Waals surface area contributed by atoms with Crippen LogP contribution < -0.4 is 5.32 Å². The standard InChI is InChI=1S/C16H24ClNO/c1-2-8-18-16(11-13-6-9-19-10-7-13)14-4-3-5-15(17)12-14/h3-5,12-13,16,18H,2,6-11H2,1H3. The van der Waals surface area contributed by atoms with Gasteiger partial charge in [-0.2, -0.15) is 0 Å². The van der Waals surface area contributed by atoms with Crippen molar-refractivity contribution >= 4 is 11.6 Å². The van der Waals surface area contributed by atoms with E-state index in [4.69, 9.17) is 16.3 Å². The summed E-state index contributed by atoms with van der Waals surface area (Å²) in [6.07, 6.45) is 4.71. The predicted octanol–water partition coefficient (Wildman–Crippen LogP) is 4.20. The second kappa shape index (κ2) is 7.88. The van der Waals surface area contributed by atoms with E-state index in [1.807, 2.05) is 12.1 Å². The summed E-state index contributed by atoms with van der Waals surface area (Å²) in [5.74, 6) is 0.766. The molecule has 1 atom stereocenters. The molecule has 19 heavy (non-hydrogen) atoms. The van der Waals surface area contributed by atoms with Crippen LogP contribution in [0.25, 0.3) is 0 Å². The number of hydrogen-bond acceptors (Lipinski definition) is 2. The third-order valence-electron chi connectivity index (χ3n) is 3.80. The molecular formula is C16H24ClNO. The van der Waals surface area contributed by atoms with Gasteiger partial charge in [-0.25, -0.2) is 0 Å². The van der Waals surface area contributed by atoms with Gasteiger partial charge in [-0.05, 0) is 55.8 Å². The monoisotopic (exact) mass is 281 g/mol. The van der Waals surface area contributed by atoms with Gasteiger partial charge < -0.3 is 10.1 Å².